The molecule has 1 N–H and O–H groups in total. The van der Waals surface area contributed by atoms with Crippen molar-refractivity contribution in [3.63, 3.8) is 0 Å². The number of aliphatic hydroxyl groups excluding tert-OH is 1. The molecule has 3 aliphatic rings. The summed E-state index contributed by atoms with van der Waals surface area (Å²) in [5.74, 6) is -2.89. The molecule has 4 rings (SSSR count). The number of aliphatic hydroxyl groups is 1. The summed E-state index contributed by atoms with van der Waals surface area (Å²) in [5, 5.41) is 10.2. The lowest BCUT2D eigenvalue weighted by molar-refractivity contribution is -0.161. The van der Waals surface area contributed by atoms with Crippen molar-refractivity contribution < 1.29 is 29.0 Å². The topological polar surface area (TPSA) is 96.4 Å². The molecule has 2 unspecified atom stereocenters. The quantitative estimate of drug-likeness (QED) is 0.230. The summed E-state index contributed by atoms with van der Waals surface area (Å²) in [4.78, 5) is 44.6. The molecule has 8 nitrogen and oxygen atoms in total. The molecule has 0 saturated carbocycles. The van der Waals surface area contributed by atoms with E-state index in [1.807, 2.05) is 13.0 Å². The fourth-order valence-corrected chi connectivity index (χ4v) is 6.85. The van der Waals surface area contributed by atoms with Gasteiger partial charge in [-0.25, -0.2) is 0 Å². The van der Waals surface area contributed by atoms with Crippen LogP contribution in [0, 0.1) is 11.8 Å². The number of hydrogen-bond donors (Lipinski definition) is 1. The van der Waals surface area contributed by atoms with E-state index in [9.17, 15) is 19.5 Å². The highest BCUT2D eigenvalue weighted by Crippen LogP contribution is 2.64. The number of carbonyl (C=O) groups excluding carboxylic acids is 3. The third-order valence-corrected chi connectivity index (χ3v) is 8.60. The number of ether oxygens (including phenoxy) is 2. The van der Waals surface area contributed by atoms with E-state index in [0.29, 0.717) is 36.4 Å². The summed E-state index contributed by atoms with van der Waals surface area (Å²) in [6, 6.07) is 5.95. The van der Waals surface area contributed by atoms with E-state index in [1.165, 1.54) is 9.80 Å². The Morgan fingerprint density at radius 2 is 2.03 bits per heavy atom. The largest absolute Gasteiger partial charge is 0.465 e. The summed E-state index contributed by atoms with van der Waals surface area (Å²) >= 11 is 6.46. The molecule has 3 aliphatic heterocycles. The van der Waals surface area contributed by atoms with E-state index in [1.54, 1.807) is 30.3 Å². The Hall–Kier alpha value is -2.68. The number of amides is 2. The third kappa shape index (κ3) is 4.56. The fourth-order valence-electron chi connectivity index (χ4n) is 6.61. The number of hydrogen-bond acceptors (Lipinski definition) is 6. The van der Waals surface area contributed by atoms with Crippen molar-refractivity contribution >= 4 is 35.1 Å². The maximum atomic E-state index is 14.3. The van der Waals surface area contributed by atoms with Gasteiger partial charge in [0.15, 0.2) is 0 Å². The van der Waals surface area contributed by atoms with Gasteiger partial charge >= 0.3 is 5.97 Å². The van der Waals surface area contributed by atoms with Crippen LogP contribution in [0.15, 0.2) is 49.6 Å². The highest BCUT2D eigenvalue weighted by molar-refractivity contribution is 6.34. The first-order valence-corrected chi connectivity index (χ1v) is 13.8. The van der Waals surface area contributed by atoms with Gasteiger partial charge in [0.2, 0.25) is 5.91 Å². The summed E-state index contributed by atoms with van der Waals surface area (Å²) in [6.07, 6.45) is 7.29. The fraction of sp³-hybridized carbons (Fsp3) is 0.552. The first-order chi connectivity index (χ1) is 18.3. The Kier molecular flexibility index (Phi) is 8.65. The van der Waals surface area contributed by atoms with Crippen molar-refractivity contribution in [3.05, 3.63) is 54.6 Å². The molecule has 1 aromatic rings. The van der Waals surface area contributed by atoms with Crippen LogP contribution in [-0.4, -0.2) is 71.3 Å². The summed E-state index contributed by atoms with van der Waals surface area (Å²) < 4.78 is 12.4. The minimum Gasteiger partial charge on any atom is -0.465 e. The molecular formula is C29H37ClN2O6. The van der Waals surface area contributed by atoms with Crippen LogP contribution in [0.4, 0.5) is 5.69 Å². The zero-order chi connectivity index (χ0) is 27.5. The molecule has 38 heavy (non-hydrogen) atoms. The number of carbonyl (C=O) groups is 3. The van der Waals surface area contributed by atoms with Crippen molar-refractivity contribution in [2.24, 2.45) is 11.8 Å². The first-order valence-electron chi connectivity index (χ1n) is 13.4. The van der Waals surface area contributed by atoms with Gasteiger partial charge in [0.05, 0.1) is 35.4 Å². The van der Waals surface area contributed by atoms with Gasteiger partial charge in [0.1, 0.15) is 17.6 Å². The highest BCUT2D eigenvalue weighted by atomic mass is 35.5. The van der Waals surface area contributed by atoms with Crippen LogP contribution in [0.5, 0.6) is 0 Å². The second kappa shape index (κ2) is 11.6. The second-order valence-corrected chi connectivity index (χ2v) is 10.6. The van der Waals surface area contributed by atoms with Crippen LogP contribution in [0.1, 0.15) is 45.4 Å². The van der Waals surface area contributed by atoms with E-state index in [0.717, 1.165) is 12.8 Å². The number of nitrogens with zero attached hydrogens (tertiary/aromatic N) is 2. The number of unbranched alkanes of at least 4 members (excludes halogenated alkanes) is 2. The van der Waals surface area contributed by atoms with Crippen LogP contribution in [0.25, 0.3) is 0 Å². The molecule has 2 amide bonds. The van der Waals surface area contributed by atoms with Gasteiger partial charge < -0.3 is 24.4 Å². The van der Waals surface area contributed by atoms with Gasteiger partial charge in [-0.15, -0.1) is 13.2 Å². The van der Waals surface area contributed by atoms with Crippen molar-refractivity contribution in [2.75, 3.05) is 31.2 Å². The molecule has 1 aromatic carbocycles. The van der Waals surface area contributed by atoms with Crippen LogP contribution in [0.2, 0.25) is 5.02 Å². The number of para-hydroxylation sites is 1. The van der Waals surface area contributed by atoms with Gasteiger partial charge in [-0.05, 0) is 50.7 Å². The van der Waals surface area contributed by atoms with Crippen LogP contribution >= 0.6 is 11.6 Å². The van der Waals surface area contributed by atoms with Crippen LogP contribution < -0.4 is 4.90 Å². The lowest BCUT2D eigenvalue weighted by Crippen LogP contribution is -2.57. The Balaban J connectivity index is 1.71. The molecule has 9 heteroatoms. The molecule has 2 bridgehead atoms. The van der Waals surface area contributed by atoms with Gasteiger partial charge in [-0.1, -0.05) is 42.8 Å². The molecule has 0 radical (unpaired) electrons. The number of fused-ring (bicyclic) bond motifs is 1. The Morgan fingerprint density at radius 1 is 1.26 bits per heavy atom. The van der Waals surface area contributed by atoms with Crippen LogP contribution in [-0.2, 0) is 23.9 Å². The number of anilines is 1. The van der Waals surface area contributed by atoms with Crippen molar-refractivity contribution in [1.29, 1.82) is 0 Å². The minimum absolute atomic E-state index is 0.0518. The number of β-amino-alcohol motifs (C(OH)–C–C–N with tert-alkyl or cyclic N) is 1. The highest BCUT2D eigenvalue weighted by Gasteiger charge is 2.79. The van der Waals surface area contributed by atoms with E-state index in [-0.39, 0.29) is 38.1 Å². The molecule has 3 fully saturated rings. The van der Waals surface area contributed by atoms with Crippen molar-refractivity contribution in [1.82, 2.24) is 4.90 Å². The summed E-state index contributed by atoms with van der Waals surface area (Å²) in [7, 11) is 0. The van der Waals surface area contributed by atoms with E-state index in [4.69, 9.17) is 21.1 Å². The molecule has 206 valence electrons. The number of halogens is 1. The van der Waals surface area contributed by atoms with Gasteiger partial charge in [-0.2, -0.15) is 0 Å². The molecule has 3 saturated heterocycles. The second-order valence-electron chi connectivity index (χ2n) is 10.2. The number of rotatable bonds is 13. The zero-order valence-electron chi connectivity index (χ0n) is 21.9. The van der Waals surface area contributed by atoms with Crippen molar-refractivity contribution in [3.8, 4) is 0 Å². The first kappa shape index (κ1) is 28.3. The molecule has 3 heterocycles. The molecule has 5 atom stereocenters. The van der Waals surface area contributed by atoms with Gasteiger partial charge in [0.25, 0.3) is 5.91 Å². The average molecular weight is 545 g/mol. The molecule has 0 aromatic heterocycles. The zero-order valence-corrected chi connectivity index (χ0v) is 22.7. The smallest absolute Gasteiger partial charge is 0.312 e. The van der Waals surface area contributed by atoms with E-state index >= 15 is 0 Å². The lowest BCUT2D eigenvalue weighted by atomic mass is 9.65. The number of benzene rings is 1. The van der Waals surface area contributed by atoms with Crippen molar-refractivity contribution in [2.45, 2.75) is 62.7 Å². The summed E-state index contributed by atoms with van der Waals surface area (Å²) in [5.41, 5.74) is -1.59. The SMILES string of the molecule is C=CCCCCOC(=O)[C@@H]1[C@H]2C(=O)N(CCO)C(C(=O)N(CC=C)c3ccccc3Cl)C23CC[C@@]1(CC)O3. The average Bonchev–Trinajstić information content (AvgIpc) is 3.51. The molecule has 1 spiro atoms. The number of likely N-dealkylation sites (tertiary alicyclic amines) is 1. The summed E-state index contributed by atoms with van der Waals surface area (Å²) in [6.45, 7) is 9.47. The normalized spacial score (nSPS) is 29.3. The maximum Gasteiger partial charge on any atom is 0.312 e. The minimum atomic E-state index is -1.20. The number of esters is 1. The Labute approximate surface area is 229 Å². The van der Waals surface area contributed by atoms with E-state index in [2.05, 4.69) is 13.2 Å². The third-order valence-electron chi connectivity index (χ3n) is 8.28. The predicted octanol–water partition coefficient (Wildman–Crippen LogP) is 3.91. The molecule has 0 aliphatic carbocycles. The number of allylic oxidation sites excluding steroid dienone is 1. The monoisotopic (exact) mass is 544 g/mol. The lowest BCUT2D eigenvalue weighted by Gasteiger charge is -2.36. The van der Waals surface area contributed by atoms with Crippen LogP contribution in [0.3, 0.4) is 0 Å². The predicted molar refractivity (Wildman–Crippen MR) is 145 cm³/mol. The maximum absolute atomic E-state index is 14.3. The standard InChI is InChI=1S/C29H37ClN2O6/c1-4-7-8-11-19-37-27(36)23-22-25(34)32(17-18-33)24(29(22)15-14-28(23,6-3)38-29)26(35)31(16-5-2)21-13-10-9-12-20(21)30/h4-5,9-10,12-13,22-24,33H,1-2,6-8,11,14-19H2,3H3/t22-,23-,24?,28+,29?/m0/s1. The van der Waals surface area contributed by atoms with Gasteiger partial charge in [0, 0.05) is 13.1 Å². The van der Waals surface area contributed by atoms with Gasteiger partial charge in [-0.3, -0.25) is 14.4 Å². The molecular weight excluding hydrogens is 508 g/mol. The van der Waals surface area contributed by atoms with E-state index < -0.39 is 35.0 Å². The Morgan fingerprint density at radius 3 is 2.68 bits per heavy atom. The Bertz CT molecular complexity index is 1090.